The number of carbonyl (C=O) groups excluding carboxylic acids is 1. The largest absolute Gasteiger partial charge is 0.380 e. The van der Waals surface area contributed by atoms with E-state index in [0.29, 0.717) is 12.1 Å². The van der Waals surface area contributed by atoms with Gasteiger partial charge in [-0.25, -0.2) is 9.18 Å². The van der Waals surface area contributed by atoms with E-state index in [-0.39, 0.29) is 24.5 Å². The Hall–Kier alpha value is -1.14. The molecule has 100 valence electrons. The van der Waals surface area contributed by atoms with Gasteiger partial charge < -0.3 is 15.4 Å². The molecule has 0 aliphatic heterocycles. The molecule has 0 heterocycles. The van der Waals surface area contributed by atoms with Crippen LogP contribution in [0.1, 0.15) is 12.5 Å². The van der Waals surface area contributed by atoms with Crippen LogP contribution in [-0.2, 0) is 11.3 Å². The molecule has 1 atom stereocenters. The molecule has 1 aromatic carbocycles. The summed E-state index contributed by atoms with van der Waals surface area (Å²) in [5, 5.41) is 5.30. The van der Waals surface area contributed by atoms with Gasteiger partial charge in [-0.05, 0) is 30.7 Å². The number of urea groups is 1. The number of amides is 2. The third-order valence-corrected chi connectivity index (χ3v) is 3.17. The van der Waals surface area contributed by atoms with Gasteiger partial charge in [-0.1, -0.05) is 15.9 Å². The maximum atomic E-state index is 13.0. The number of methoxy groups -OCH3 is 1. The van der Waals surface area contributed by atoms with Crippen LogP contribution in [0.15, 0.2) is 22.7 Å². The first-order chi connectivity index (χ1) is 8.52. The average molecular weight is 319 g/mol. The monoisotopic (exact) mass is 318 g/mol. The van der Waals surface area contributed by atoms with E-state index in [1.54, 1.807) is 13.2 Å². The summed E-state index contributed by atoms with van der Waals surface area (Å²) < 4.78 is 18.8. The Morgan fingerprint density at radius 2 is 2.22 bits per heavy atom. The first-order valence-corrected chi connectivity index (χ1v) is 6.30. The van der Waals surface area contributed by atoms with Crippen molar-refractivity contribution in [3.8, 4) is 0 Å². The molecule has 0 aromatic heterocycles. The van der Waals surface area contributed by atoms with Crippen LogP contribution < -0.4 is 10.6 Å². The number of benzene rings is 1. The van der Waals surface area contributed by atoms with Gasteiger partial charge >= 0.3 is 6.03 Å². The van der Waals surface area contributed by atoms with Crippen LogP contribution in [0.2, 0.25) is 0 Å². The summed E-state index contributed by atoms with van der Waals surface area (Å²) in [6, 6.07) is 4.03. The number of ether oxygens (including phenoxy) is 1. The molecule has 1 aromatic rings. The highest BCUT2D eigenvalue weighted by molar-refractivity contribution is 9.10. The summed E-state index contributed by atoms with van der Waals surface area (Å²) >= 11 is 3.30. The summed E-state index contributed by atoms with van der Waals surface area (Å²) in [5.41, 5.74) is 0.685. The Bertz CT molecular complexity index is 415. The van der Waals surface area contributed by atoms with Crippen molar-refractivity contribution >= 4 is 22.0 Å². The van der Waals surface area contributed by atoms with Gasteiger partial charge in [0.1, 0.15) is 5.82 Å². The van der Waals surface area contributed by atoms with Crippen LogP contribution >= 0.6 is 15.9 Å². The van der Waals surface area contributed by atoms with E-state index in [1.165, 1.54) is 12.1 Å². The zero-order valence-corrected chi connectivity index (χ0v) is 11.9. The predicted octanol–water partition coefficient (Wildman–Crippen LogP) is 2.42. The van der Waals surface area contributed by atoms with Gasteiger partial charge in [-0.3, -0.25) is 0 Å². The Labute approximate surface area is 114 Å². The van der Waals surface area contributed by atoms with Crippen molar-refractivity contribution in [2.75, 3.05) is 13.7 Å². The fraction of sp³-hybridized carbons (Fsp3) is 0.417. The van der Waals surface area contributed by atoms with Crippen LogP contribution in [0.3, 0.4) is 0 Å². The summed E-state index contributed by atoms with van der Waals surface area (Å²) in [6.07, 6.45) is -0.0448. The first-order valence-electron chi connectivity index (χ1n) is 5.51. The molecule has 0 unspecified atom stereocenters. The maximum Gasteiger partial charge on any atom is 0.315 e. The topological polar surface area (TPSA) is 50.4 Å². The maximum absolute atomic E-state index is 13.0. The van der Waals surface area contributed by atoms with E-state index in [0.717, 1.165) is 4.47 Å². The van der Waals surface area contributed by atoms with Gasteiger partial charge in [0.15, 0.2) is 0 Å². The van der Waals surface area contributed by atoms with Gasteiger partial charge in [0.2, 0.25) is 0 Å². The van der Waals surface area contributed by atoms with Gasteiger partial charge in [-0.2, -0.15) is 0 Å². The Morgan fingerprint density at radius 1 is 1.50 bits per heavy atom. The highest BCUT2D eigenvalue weighted by Gasteiger charge is 2.06. The number of hydrogen-bond donors (Lipinski definition) is 2. The summed E-state index contributed by atoms with van der Waals surface area (Å²) in [4.78, 5) is 11.4. The second kappa shape index (κ2) is 7.33. The molecule has 6 heteroatoms. The predicted molar refractivity (Wildman–Crippen MR) is 70.8 cm³/mol. The molecule has 18 heavy (non-hydrogen) atoms. The molecule has 4 nitrogen and oxygen atoms in total. The number of rotatable bonds is 5. The fourth-order valence-corrected chi connectivity index (χ4v) is 1.62. The molecule has 0 saturated heterocycles. The Balaban J connectivity index is 2.40. The number of hydrogen-bond acceptors (Lipinski definition) is 2. The van der Waals surface area contributed by atoms with Crippen LogP contribution in [-0.4, -0.2) is 25.8 Å². The highest BCUT2D eigenvalue weighted by atomic mass is 79.9. The minimum absolute atomic E-state index is 0.0448. The van der Waals surface area contributed by atoms with Crippen LogP contribution in [0.4, 0.5) is 9.18 Å². The van der Waals surface area contributed by atoms with Crippen molar-refractivity contribution < 1.29 is 13.9 Å². The zero-order chi connectivity index (χ0) is 13.5. The summed E-state index contributed by atoms with van der Waals surface area (Å²) in [7, 11) is 1.58. The van der Waals surface area contributed by atoms with E-state index in [9.17, 15) is 9.18 Å². The lowest BCUT2D eigenvalue weighted by Gasteiger charge is -2.12. The molecule has 0 saturated carbocycles. The molecule has 0 aliphatic carbocycles. The molecule has 0 spiro atoms. The SMILES string of the molecule is CO[C@@H](C)CNC(=O)NCc1cc(F)ccc1Br. The normalized spacial score (nSPS) is 12.0. The second-order valence-electron chi connectivity index (χ2n) is 3.85. The molecule has 2 amide bonds. The molecule has 0 aliphatic rings. The molecule has 0 bridgehead atoms. The Morgan fingerprint density at radius 3 is 2.89 bits per heavy atom. The van der Waals surface area contributed by atoms with Crippen molar-refractivity contribution in [1.82, 2.24) is 10.6 Å². The number of carbonyl (C=O) groups is 1. The molecule has 2 N–H and O–H groups in total. The van der Waals surface area contributed by atoms with Crippen LogP contribution in [0.5, 0.6) is 0 Å². The molecule has 1 rings (SSSR count). The van der Waals surface area contributed by atoms with Crippen molar-refractivity contribution in [1.29, 1.82) is 0 Å². The van der Waals surface area contributed by atoms with E-state index >= 15 is 0 Å². The molecular weight excluding hydrogens is 303 g/mol. The minimum Gasteiger partial charge on any atom is -0.380 e. The highest BCUT2D eigenvalue weighted by Crippen LogP contribution is 2.17. The second-order valence-corrected chi connectivity index (χ2v) is 4.70. The lowest BCUT2D eigenvalue weighted by Crippen LogP contribution is -2.39. The van der Waals surface area contributed by atoms with E-state index in [2.05, 4.69) is 26.6 Å². The van der Waals surface area contributed by atoms with Gasteiger partial charge in [0.05, 0.1) is 6.10 Å². The first kappa shape index (κ1) is 14.9. The number of halogens is 2. The van der Waals surface area contributed by atoms with Crippen LogP contribution in [0.25, 0.3) is 0 Å². The van der Waals surface area contributed by atoms with Crippen molar-refractivity contribution in [2.45, 2.75) is 19.6 Å². The lowest BCUT2D eigenvalue weighted by atomic mass is 10.2. The average Bonchev–Trinajstić information content (AvgIpc) is 2.36. The Kier molecular flexibility index (Phi) is 6.07. The third-order valence-electron chi connectivity index (χ3n) is 2.40. The molecule has 0 fully saturated rings. The van der Waals surface area contributed by atoms with E-state index < -0.39 is 0 Å². The van der Waals surface area contributed by atoms with Crippen molar-refractivity contribution in [3.63, 3.8) is 0 Å². The van der Waals surface area contributed by atoms with Crippen molar-refractivity contribution in [2.24, 2.45) is 0 Å². The quantitative estimate of drug-likeness (QED) is 0.876. The van der Waals surface area contributed by atoms with Gasteiger partial charge in [0, 0.05) is 24.7 Å². The van der Waals surface area contributed by atoms with E-state index in [4.69, 9.17) is 4.74 Å². The molecular formula is C12H16BrFN2O2. The summed E-state index contributed by atoms with van der Waals surface area (Å²) in [6.45, 7) is 2.53. The smallest absolute Gasteiger partial charge is 0.315 e. The lowest BCUT2D eigenvalue weighted by molar-refractivity contribution is 0.118. The van der Waals surface area contributed by atoms with Crippen molar-refractivity contribution in [3.05, 3.63) is 34.1 Å². The van der Waals surface area contributed by atoms with Gasteiger partial charge in [-0.15, -0.1) is 0 Å². The number of nitrogens with one attached hydrogen (secondary N) is 2. The standard InChI is InChI=1S/C12H16BrFN2O2/c1-8(18-2)6-15-12(17)16-7-9-5-10(14)3-4-11(9)13/h3-5,8H,6-7H2,1-2H3,(H2,15,16,17)/t8-/m0/s1. The molecule has 0 radical (unpaired) electrons. The third kappa shape index (κ3) is 5.01. The van der Waals surface area contributed by atoms with Gasteiger partial charge in [0.25, 0.3) is 0 Å². The van der Waals surface area contributed by atoms with Crippen LogP contribution in [0, 0.1) is 5.82 Å². The summed E-state index contributed by atoms with van der Waals surface area (Å²) in [5.74, 6) is -0.330. The van der Waals surface area contributed by atoms with E-state index in [1.807, 2.05) is 6.92 Å². The minimum atomic E-state index is -0.330. The fourth-order valence-electron chi connectivity index (χ4n) is 1.24. The zero-order valence-electron chi connectivity index (χ0n) is 10.3.